The van der Waals surface area contributed by atoms with E-state index in [9.17, 15) is 10.1 Å². The van der Waals surface area contributed by atoms with Gasteiger partial charge in [0.1, 0.15) is 4.91 Å². The number of guanidine groups is 1. The molecule has 0 aromatic heterocycles. The van der Waals surface area contributed by atoms with E-state index in [1.54, 1.807) is 17.0 Å². The quantitative estimate of drug-likeness (QED) is 0.281. The molecule has 37 heavy (non-hydrogen) atoms. The third-order valence-electron chi connectivity index (χ3n) is 5.87. The van der Waals surface area contributed by atoms with Crippen molar-refractivity contribution in [3.63, 3.8) is 0 Å². The van der Waals surface area contributed by atoms with E-state index < -0.39 is 0 Å². The Balaban J connectivity index is 1.57. The second-order valence-electron chi connectivity index (χ2n) is 8.47. The summed E-state index contributed by atoms with van der Waals surface area (Å²) >= 11 is 2.84. The van der Waals surface area contributed by atoms with Gasteiger partial charge in [0.15, 0.2) is 11.1 Å². The topological polar surface area (TPSA) is 124 Å². The highest BCUT2D eigenvalue weighted by Gasteiger charge is 2.39. The number of aliphatic imine (C=N–C) groups is 2. The number of benzene rings is 3. The molecule has 3 aromatic carbocycles. The lowest BCUT2D eigenvalue weighted by atomic mass is 10.1. The highest BCUT2D eigenvalue weighted by atomic mass is 32.2. The molecule has 2 aliphatic heterocycles. The Labute approximate surface area is 223 Å². The summed E-state index contributed by atoms with van der Waals surface area (Å²) in [6.45, 7) is 2.32. The normalized spacial score (nSPS) is 17.8. The summed E-state index contributed by atoms with van der Waals surface area (Å²) in [4.78, 5) is 28.1. The smallest absolute Gasteiger partial charge is 0.269 e. The molecular weight excluding hydrogens is 502 g/mol. The molecule has 2 heterocycles. The minimum atomic E-state index is -0.117. The number of carbonyl (C=O) groups is 1. The molecular formula is C27H23N7OS2. The van der Waals surface area contributed by atoms with Crippen LogP contribution in [0.3, 0.4) is 0 Å². The molecule has 0 spiro atoms. The second kappa shape index (κ2) is 10.0. The Bertz CT molecular complexity index is 1540. The first-order valence-corrected chi connectivity index (χ1v) is 13.0. The van der Waals surface area contributed by atoms with E-state index in [2.05, 4.69) is 11.1 Å². The van der Waals surface area contributed by atoms with E-state index in [1.165, 1.54) is 23.5 Å². The molecule has 0 unspecified atom stereocenters. The number of rotatable bonds is 4. The molecule has 1 fully saturated rings. The number of nitriles is 1. The van der Waals surface area contributed by atoms with Crippen LogP contribution in [0.1, 0.15) is 16.7 Å². The SMILES string of the molecule is Cc1ccc(C#N)cc1N=C1SC(=C2Sc3cc(N=C(N)N)ccc3N2C)C(=O)N1Cc1ccccc1. The van der Waals surface area contributed by atoms with Crippen LogP contribution in [0.4, 0.5) is 17.1 Å². The molecule has 8 nitrogen and oxygen atoms in total. The first kappa shape index (κ1) is 24.5. The summed E-state index contributed by atoms with van der Waals surface area (Å²) in [6, 6.07) is 23.0. The minimum absolute atomic E-state index is 0.00965. The van der Waals surface area contributed by atoms with Crippen molar-refractivity contribution in [2.24, 2.45) is 21.5 Å². The highest BCUT2D eigenvalue weighted by Crippen LogP contribution is 2.51. The molecule has 1 amide bonds. The zero-order valence-electron chi connectivity index (χ0n) is 20.2. The van der Waals surface area contributed by atoms with E-state index in [1.807, 2.05) is 73.5 Å². The standard InChI is InChI=1S/C27H23N7OS2/c1-16-8-9-18(14-28)12-20(16)32-27-34(15-17-6-4-3-5-7-17)24(35)23(37-27)25-33(2)21-11-10-19(31-26(29)30)13-22(21)36-25/h3-13H,15H2,1-2H3,(H4,29,30,31). The van der Waals surface area contributed by atoms with Crippen LogP contribution in [0.15, 0.2) is 91.5 Å². The van der Waals surface area contributed by atoms with Gasteiger partial charge in [-0.05, 0) is 60.1 Å². The Morgan fingerprint density at radius 2 is 1.84 bits per heavy atom. The van der Waals surface area contributed by atoms with Gasteiger partial charge in [-0.2, -0.15) is 5.26 Å². The first-order chi connectivity index (χ1) is 17.8. The largest absolute Gasteiger partial charge is 0.370 e. The van der Waals surface area contributed by atoms with Crippen LogP contribution >= 0.6 is 23.5 Å². The molecule has 2 aliphatic rings. The summed E-state index contributed by atoms with van der Waals surface area (Å²) < 4.78 is 0. The van der Waals surface area contributed by atoms with Crippen LogP contribution < -0.4 is 16.4 Å². The second-order valence-corrected chi connectivity index (χ2v) is 10.5. The summed E-state index contributed by atoms with van der Waals surface area (Å²) in [7, 11) is 1.94. The van der Waals surface area contributed by atoms with Gasteiger partial charge in [0.2, 0.25) is 0 Å². The number of thioether (sulfide) groups is 2. The molecule has 0 aliphatic carbocycles. The summed E-state index contributed by atoms with van der Waals surface area (Å²) in [6.07, 6.45) is 0. The predicted octanol–water partition coefficient (Wildman–Crippen LogP) is 4.95. The maximum absolute atomic E-state index is 13.8. The average Bonchev–Trinajstić information content (AvgIpc) is 3.36. The van der Waals surface area contributed by atoms with Gasteiger partial charge in [-0.3, -0.25) is 9.69 Å². The first-order valence-electron chi connectivity index (χ1n) is 11.4. The molecule has 0 bridgehead atoms. The number of hydrogen-bond acceptors (Lipinski definition) is 7. The highest BCUT2D eigenvalue weighted by molar-refractivity contribution is 8.19. The molecule has 0 radical (unpaired) electrons. The Hall–Kier alpha value is -4.20. The van der Waals surface area contributed by atoms with Crippen LogP contribution in [-0.4, -0.2) is 29.0 Å². The van der Waals surface area contributed by atoms with Gasteiger partial charge in [-0.25, -0.2) is 9.98 Å². The molecule has 1 saturated heterocycles. The van der Waals surface area contributed by atoms with Crippen LogP contribution in [0.5, 0.6) is 0 Å². The average molecular weight is 526 g/mol. The molecule has 3 aromatic rings. The van der Waals surface area contributed by atoms with Crippen LogP contribution in [0.2, 0.25) is 0 Å². The molecule has 5 rings (SSSR count). The lowest BCUT2D eigenvalue weighted by Gasteiger charge is -2.17. The van der Waals surface area contributed by atoms with Crippen molar-refractivity contribution < 1.29 is 4.79 Å². The lowest BCUT2D eigenvalue weighted by Crippen LogP contribution is -2.29. The number of nitrogens with two attached hydrogens (primary N) is 2. The Morgan fingerprint density at radius 1 is 1.05 bits per heavy atom. The molecule has 10 heteroatoms. The van der Waals surface area contributed by atoms with Gasteiger partial charge in [0, 0.05) is 11.9 Å². The number of hydrogen-bond donors (Lipinski definition) is 2. The number of aryl methyl sites for hydroxylation is 1. The Kier molecular flexibility index (Phi) is 6.65. The van der Waals surface area contributed by atoms with Gasteiger partial charge in [0.05, 0.1) is 40.3 Å². The fourth-order valence-corrected chi connectivity index (χ4v) is 6.36. The maximum Gasteiger partial charge on any atom is 0.269 e. The van der Waals surface area contributed by atoms with E-state index in [-0.39, 0.29) is 11.9 Å². The fraction of sp³-hybridized carbons (Fsp3) is 0.111. The van der Waals surface area contributed by atoms with Crippen LogP contribution in [0.25, 0.3) is 0 Å². The van der Waals surface area contributed by atoms with E-state index in [0.29, 0.717) is 33.6 Å². The number of anilines is 1. The summed E-state index contributed by atoms with van der Waals surface area (Å²) in [5.41, 5.74) is 15.8. The zero-order chi connectivity index (χ0) is 26.1. The molecule has 4 N–H and O–H groups in total. The van der Waals surface area contributed by atoms with Gasteiger partial charge in [-0.1, -0.05) is 48.2 Å². The predicted molar refractivity (Wildman–Crippen MR) is 151 cm³/mol. The summed E-state index contributed by atoms with van der Waals surface area (Å²) in [5.74, 6) is -0.127. The van der Waals surface area contributed by atoms with Gasteiger partial charge >= 0.3 is 0 Å². The number of fused-ring (bicyclic) bond motifs is 1. The van der Waals surface area contributed by atoms with Crippen molar-refractivity contribution in [1.29, 1.82) is 5.26 Å². The molecule has 184 valence electrons. The van der Waals surface area contributed by atoms with Crippen molar-refractivity contribution in [2.45, 2.75) is 18.4 Å². The number of nitrogens with zero attached hydrogens (tertiary/aromatic N) is 5. The van der Waals surface area contributed by atoms with Crippen molar-refractivity contribution in [2.75, 3.05) is 11.9 Å². The third kappa shape index (κ3) is 4.91. The zero-order valence-corrected chi connectivity index (χ0v) is 21.8. The number of amidine groups is 1. The lowest BCUT2D eigenvalue weighted by molar-refractivity contribution is -0.122. The van der Waals surface area contributed by atoms with E-state index in [4.69, 9.17) is 16.5 Å². The van der Waals surface area contributed by atoms with Crippen molar-refractivity contribution in [3.8, 4) is 6.07 Å². The van der Waals surface area contributed by atoms with Gasteiger partial charge < -0.3 is 16.4 Å². The van der Waals surface area contributed by atoms with E-state index >= 15 is 0 Å². The third-order valence-corrected chi connectivity index (χ3v) is 8.28. The molecule has 0 atom stereocenters. The van der Waals surface area contributed by atoms with Crippen molar-refractivity contribution >= 4 is 57.6 Å². The number of carbonyl (C=O) groups excluding carboxylic acids is 1. The minimum Gasteiger partial charge on any atom is -0.370 e. The summed E-state index contributed by atoms with van der Waals surface area (Å²) in [5, 5.41) is 10.8. The van der Waals surface area contributed by atoms with Crippen LogP contribution in [0, 0.1) is 18.3 Å². The van der Waals surface area contributed by atoms with E-state index in [0.717, 1.165) is 26.7 Å². The molecule has 0 saturated carbocycles. The van der Waals surface area contributed by atoms with Crippen molar-refractivity contribution in [3.05, 3.63) is 93.4 Å². The monoisotopic (exact) mass is 525 g/mol. The van der Waals surface area contributed by atoms with Crippen molar-refractivity contribution in [1.82, 2.24) is 4.90 Å². The maximum atomic E-state index is 13.8. The van der Waals surface area contributed by atoms with Crippen LogP contribution in [-0.2, 0) is 11.3 Å². The van der Waals surface area contributed by atoms with Gasteiger partial charge in [0.25, 0.3) is 5.91 Å². The fourth-order valence-electron chi connectivity index (χ4n) is 3.99. The van der Waals surface area contributed by atoms with Gasteiger partial charge in [-0.15, -0.1) is 0 Å². The Morgan fingerprint density at radius 3 is 2.57 bits per heavy atom. The number of amides is 1.